The van der Waals surface area contributed by atoms with Crippen molar-refractivity contribution in [2.45, 2.75) is 45.1 Å². The Bertz CT molecular complexity index is 361. The van der Waals surface area contributed by atoms with Gasteiger partial charge in [-0.1, -0.05) is 19.3 Å². The van der Waals surface area contributed by atoms with Crippen LogP contribution in [-0.4, -0.2) is 4.57 Å². The third-order valence-electron chi connectivity index (χ3n) is 3.07. The molecule has 1 aromatic heterocycles. The molecule has 1 aliphatic carbocycles. The summed E-state index contributed by atoms with van der Waals surface area (Å²) in [6, 6.07) is 4.21. The van der Waals surface area contributed by atoms with Gasteiger partial charge in [0.05, 0.1) is 0 Å². The maximum atomic E-state index is 11.7. The van der Waals surface area contributed by atoms with Crippen LogP contribution in [0, 0.1) is 6.92 Å². The minimum absolute atomic E-state index is 0.164. The molecule has 2 heteroatoms. The van der Waals surface area contributed by atoms with Gasteiger partial charge in [-0.05, 0) is 31.4 Å². The van der Waals surface area contributed by atoms with Crippen molar-refractivity contribution < 1.29 is 0 Å². The third-order valence-corrected chi connectivity index (χ3v) is 3.07. The molecule has 0 atom stereocenters. The van der Waals surface area contributed by atoms with Crippen LogP contribution in [0.25, 0.3) is 0 Å². The van der Waals surface area contributed by atoms with Crippen molar-refractivity contribution in [1.82, 2.24) is 4.57 Å². The summed E-state index contributed by atoms with van der Waals surface area (Å²) in [5, 5.41) is 0. The van der Waals surface area contributed by atoms with E-state index >= 15 is 0 Å². The molecule has 1 aliphatic rings. The Labute approximate surface area is 84.6 Å². The molecule has 0 unspecified atom stereocenters. The molecule has 0 N–H and O–H groups in total. The lowest BCUT2D eigenvalue weighted by molar-refractivity contribution is 0.346. The first-order chi connectivity index (χ1) is 6.77. The monoisotopic (exact) mass is 191 g/mol. The van der Waals surface area contributed by atoms with Gasteiger partial charge in [0, 0.05) is 18.3 Å². The van der Waals surface area contributed by atoms with Gasteiger partial charge in [0.15, 0.2) is 0 Å². The molecule has 76 valence electrons. The van der Waals surface area contributed by atoms with Crippen LogP contribution >= 0.6 is 0 Å². The molecule has 2 nitrogen and oxygen atoms in total. The van der Waals surface area contributed by atoms with Crippen molar-refractivity contribution >= 4 is 0 Å². The first-order valence-electron chi connectivity index (χ1n) is 5.46. The lowest BCUT2D eigenvalue weighted by Gasteiger charge is -2.23. The van der Waals surface area contributed by atoms with E-state index in [9.17, 15) is 4.79 Å². The van der Waals surface area contributed by atoms with E-state index in [0.29, 0.717) is 6.04 Å². The topological polar surface area (TPSA) is 22.0 Å². The smallest absolute Gasteiger partial charge is 0.251 e. The maximum absolute atomic E-state index is 11.7. The molecule has 2 rings (SSSR count). The van der Waals surface area contributed by atoms with Gasteiger partial charge < -0.3 is 4.57 Å². The minimum Gasteiger partial charge on any atom is -0.312 e. The van der Waals surface area contributed by atoms with Gasteiger partial charge in [-0.3, -0.25) is 4.79 Å². The zero-order valence-corrected chi connectivity index (χ0v) is 8.70. The zero-order valence-electron chi connectivity index (χ0n) is 8.70. The van der Waals surface area contributed by atoms with Crippen LogP contribution in [0.3, 0.4) is 0 Å². The molecule has 1 fully saturated rings. The summed E-state index contributed by atoms with van der Waals surface area (Å²) in [4.78, 5) is 11.7. The third kappa shape index (κ3) is 1.89. The number of nitrogens with zero attached hydrogens (tertiary/aromatic N) is 1. The largest absolute Gasteiger partial charge is 0.312 e. The summed E-state index contributed by atoms with van der Waals surface area (Å²) in [5.74, 6) is 0. The van der Waals surface area contributed by atoms with Crippen LogP contribution in [0.2, 0.25) is 0 Å². The highest BCUT2D eigenvalue weighted by atomic mass is 16.1. The van der Waals surface area contributed by atoms with E-state index in [2.05, 4.69) is 0 Å². The van der Waals surface area contributed by atoms with E-state index in [1.165, 1.54) is 32.1 Å². The molecule has 1 saturated carbocycles. The highest BCUT2D eigenvalue weighted by Crippen LogP contribution is 2.26. The number of hydrogen-bond donors (Lipinski definition) is 0. The second-order valence-corrected chi connectivity index (χ2v) is 4.24. The Hall–Kier alpha value is -1.05. The van der Waals surface area contributed by atoms with Gasteiger partial charge >= 0.3 is 0 Å². The second-order valence-electron chi connectivity index (χ2n) is 4.24. The van der Waals surface area contributed by atoms with Crippen molar-refractivity contribution in [1.29, 1.82) is 0 Å². The molecule has 0 aromatic carbocycles. The van der Waals surface area contributed by atoms with E-state index in [-0.39, 0.29) is 5.56 Å². The Kier molecular flexibility index (Phi) is 2.71. The van der Waals surface area contributed by atoms with E-state index in [1.54, 1.807) is 6.07 Å². The molecule has 0 amide bonds. The summed E-state index contributed by atoms with van der Waals surface area (Å²) >= 11 is 0. The maximum Gasteiger partial charge on any atom is 0.251 e. The average molecular weight is 191 g/mol. The van der Waals surface area contributed by atoms with Crippen LogP contribution in [0.1, 0.15) is 43.7 Å². The van der Waals surface area contributed by atoms with Crippen LogP contribution in [0.15, 0.2) is 23.1 Å². The molecule has 0 aliphatic heterocycles. The van der Waals surface area contributed by atoms with E-state index in [1.807, 2.05) is 23.8 Å². The number of aromatic nitrogens is 1. The fourth-order valence-corrected chi connectivity index (χ4v) is 2.25. The van der Waals surface area contributed by atoms with E-state index in [4.69, 9.17) is 0 Å². The predicted molar refractivity (Wildman–Crippen MR) is 57.6 cm³/mol. The molecule has 0 radical (unpaired) electrons. The molecule has 0 bridgehead atoms. The fourth-order valence-electron chi connectivity index (χ4n) is 2.25. The number of pyridine rings is 1. The van der Waals surface area contributed by atoms with Crippen LogP contribution < -0.4 is 5.56 Å². The highest BCUT2D eigenvalue weighted by molar-refractivity contribution is 5.08. The average Bonchev–Trinajstić information content (AvgIpc) is 2.19. The van der Waals surface area contributed by atoms with Crippen LogP contribution in [0.5, 0.6) is 0 Å². The standard InChI is InChI=1S/C12H17NO/c1-10-7-8-13(12(14)9-10)11-5-3-2-4-6-11/h7-9,11H,2-6H2,1H3. The predicted octanol–water partition coefficient (Wildman–Crippen LogP) is 2.66. The van der Waals surface area contributed by atoms with Crippen molar-refractivity contribution in [3.8, 4) is 0 Å². The Morgan fingerprint density at radius 1 is 1.29 bits per heavy atom. The Morgan fingerprint density at radius 3 is 2.64 bits per heavy atom. The number of hydrogen-bond acceptors (Lipinski definition) is 1. The van der Waals surface area contributed by atoms with Crippen molar-refractivity contribution in [3.05, 3.63) is 34.2 Å². The van der Waals surface area contributed by atoms with Crippen molar-refractivity contribution in [2.75, 3.05) is 0 Å². The molecular weight excluding hydrogens is 174 g/mol. The van der Waals surface area contributed by atoms with Crippen molar-refractivity contribution in [2.24, 2.45) is 0 Å². The van der Waals surface area contributed by atoms with Gasteiger partial charge in [-0.2, -0.15) is 0 Å². The van der Waals surface area contributed by atoms with Gasteiger partial charge in [0.1, 0.15) is 0 Å². The fraction of sp³-hybridized carbons (Fsp3) is 0.583. The summed E-state index contributed by atoms with van der Waals surface area (Å²) in [7, 11) is 0. The summed E-state index contributed by atoms with van der Waals surface area (Å²) in [6.07, 6.45) is 8.16. The zero-order chi connectivity index (χ0) is 9.97. The van der Waals surface area contributed by atoms with Gasteiger partial charge in [0.2, 0.25) is 0 Å². The number of aryl methyl sites for hydroxylation is 1. The van der Waals surface area contributed by atoms with Gasteiger partial charge in [0.25, 0.3) is 5.56 Å². The summed E-state index contributed by atoms with van der Waals surface area (Å²) in [5.41, 5.74) is 1.22. The highest BCUT2D eigenvalue weighted by Gasteiger charge is 2.15. The first kappa shape index (κ1) is 9.50. The molecule has 1 heterocycles. The molecule has 1 aromatic rings. The van der Waals surface area contributed by atoms with Gasteiger partial charge in [-0.15, -0.1) is 0 Å². The quantitative estimate of drug-likeness (QED) is 0.669. The summed E-state index contributed by atoms with van der Waals surface area (Å²) < 4.78 is 1.91. The number of rotatable bonds is 1. The SMILES string of the molecule is Cc1ccn(C2CCCCC2)c(=O)c1. The van der Waals surface area contributed by atoms with Crippen LogP contribution in [-0.2, 0) is 0 Å². The lowest BCUT2D eigenvalue weighted by atomic mass is 9.95. The summed E-state index contributed by atoms with van der Waals surface area (Å²) in [6.45, 7) is 1.96. The molecular formula is C12H17NO. The first-order valence-corrected chi connectivity index (χ1v) is 5.46. The molecule has 0 spiro atoms. The lowest BCUT2D eigenvalue weighted by Crippen LogP contribution is -2.25. The minimum atomic E-state index is 0.164. The van der Waals surface area contributed by atoms with Crippen molar-refractivity contribution in [3.63, 3.8) is 0 Å². The molecule has 0 saturated heterocycles. The normalized spacial score (nSPS) is 18.4. The van der Waals surface area contributed by atoms with E-state index < -0.39 is 0 Å². The second kappa shape index (κ2) is 3.99. The van der Waals surface area contributed by atoms with Gasteiger partial charge in [-0.25, -0.2) is 0 Å². The molecule has 14 heavy (non-hydrogen) atoms. The Morgan fingerprint density at radius 2 is 2.00 bits per heavy atom. The van der Waals surface area contributed by atoms with Crippen LogP contribution in [0.4, 0.5) is 0 Å². The van der Waals surface area contributed by atoms with E-state index in [0.717, 1.165) is 5.56 Å². The Balaban J connectivity index is 2.26.